The molecule has 9 heteroatoms. The first-order valence-electron chi connectivity index (χ1n) is 16.7. The van der Waals surface area contributed by atoms with Crippen LogP contribution in [0.2, 0.25) is 0 Å². The minimum absolute atomic E-state index is 0.0427. The highest BCUT2D eigenvalue weighted by atomic mass is 16.5. The monoisotopic (exact) mass is 618 g/mol. The molecule has 0 saturated carbocycles. The molecule has 0 aliphatic rings. The van der Waals surface area contributed by atoms with Gasteiger partial charge in [0.25, 0.3) is 0 Å². The van der Waals surface area contributed by atoms with Gasteiger partial charge in [0.2, 0.25) is 5.91 Å². The molecule has 0 atom stereocenters. The summed E-state index contributed by atoms with van der Waals surface area (Å²) in [6, 6.07) is 11.8. The molecule has 2 heterocycles. The number of carbonyl (C=O) groups excluding carboxylic acids is 2. The van der Waals surface area contributed by atoms with Gasteiger partial charge in [-0.3, -0.25) is 4.79 Å². The highest BCUT2D eigenvalue weighted by molar-refractivity contribution is 5.89. The van der Waals surface area contributed by atoms with Crippen molar-refractivity contribution in [1.82, 2.24) is 16.0 Å². The van der Waals surface area contributed by atoms with Crippen molar-refractivity contribution in [2.45, 2.75) is 84.5 Å². The van der Waals surface area contributed by atoms with Gasteiger partial charge in [0.15, 0.2) is 0 Å². The fourth-order valence-electron chi connectivity index (χ4n) is 5.30. The quantitative estimate of drug-likeness (QED) is 0.0710. The lowest BCUT2D eigenvalue weighted by atomic mass is 10.1. The average Bonchev–Trinajstić information content (AvgIpc) is 3.64. The van der Waals surface area contributed by atoms with E-state index in [2.05, 4.69) is 34.3 Å². The van der Waals surface area contributed by atoms with E-state index in [0.717, 1.165) is 103 Å². The molecule has 3 amide bonds. The van der Waals surface area contributed by atoms with Crippen molar-refractivity contribution in [2.24, 2.45) is 0 Å². The summed E-state index contributed by atoms with van der Waals surface area (Å²) in [5.41, 5.74) is 4.64. The topological polar surface area (TPSA) is 118 Å². The Bertz CT molecular complexity index is 1480. The SMILES string of the molecule is CCCCCCNC(=O)Cc1coc2ccc(NCCCCCCOc3ccc4occ(CCNC(=O)NCCC)c4c3)cc12. The molecule has 45 heavy (non-hydrogen) atoms. The summed E-state index contributed by atoms with van der Waals surface area (Å²) < 4.78 is 17.4. The minimum Gasteiger partial charge on any atom is -0.494 e. The maximum Gasteiger partial charge on any atom is 0.314 e. The number of urea groups is 1. The van der Waals surface area contributed by atoms with Crippen molar-refractivity contribution in [3.8, 4) is 5.75 Å². The molecule has 0 aliphatic heterocycles. The molecule has 0 aliphatic carbocycles. The van der Waals surface area contributed by atoms with E-state index in [9.17, 15) is 9.59 Å². The summed E-state index contributed by atoms with van der Waals surface area (Å²) in [5.74, 6) is 0.875. The molecule has 9 nitrogen and oxygen atoms in total. The first kappa shape index (κ1) is 33.7. The first-order valence-corrected chi connectivity index (χ1v) is 16.7. The number of amides is 3. The largest absolute Gasteiger partial charge is 0.494 e. The number of hydrogen-bond acceptors (Lipinski definition) is 6. The second kappa shape index (κ2) is 18.6. The van der Waals surface area contributed by atoms with E-state index >= 15 is 0 Å². The highest BCUT2D eigenvalue weighted by Gasteiger charge is 2.12. The van der Waals surface area contributed by atoms with Crippen LogP contribution in [0.1, 0.15) is 82.8 Å². The fraction of sp³-hybridized carbons (Fsp3) is 0.500. The van der Waals surface area contributed by atoms with Gasteiger partial charge in [-0.15, -0.1) is 0 Å². The van der Waals surface area contributed by atoms with Gasteiger partial charge < -0.3 is 34.8 Å². The van der Waals surface area contributed by atoms with Gasteiger partial charge in [0.05, 0.1) is 25.6 Å². The normalized spacial score (nSPS) is 11.2. The number of furan rings is 2. The van der Waals surface area contributed by atoms with Crippen LogP contribution >= 0.6 is 0 Å². The van der Waals surface area contributed by atoms with Gasteiger partial charge >= 0.3 is 6.03 Å². The van der Waals surface area contributed by atoms with E-state index in [1.807, 2.05) is 37.3 Å². The number of unbranched alkanes of at least 4 members (excludes halogenated alkanes) is 6. The molecule has 4 aromatic rings. The van der Waals surface area contributed by atoms with Gasteiger partial charge in [0, 0.05) is 53.8 Å². The molecule has 0 radical (unpaired) electrons. The third-order valence-corrected chi connectivity index (χ3v) is 7.87. The number of nitrogens with one attached hydrogen (secondary N) is 4. The predicted molar refractivity (Wildman–Crippen MR) is 181 cm³/mol. The number of carbonyl (C=O) groups is 2. The summed E-state index contributed by atoms with van der Waals surface area (Å²) in [7, 11) is 0. The van der Waals surface area contributed by atoms with Crippen molar-refractivity contribution < 1.29 is 23.2 Å². The van der Waals surface area contributed by atoms with E-state index in [0.29, 0.717) is 32.5 Å². The number of fused-ring (bicyclic) bond motifs is 2. The summed E-state index contributed by atoms with van der Waals surface area (Å²) in [6.07, 6.45) is 14.2. The Hall–Kier alpha value is -4.14. The van der Waals surface area contributed by atoms with Crippen LogP contribution in [0.15, 0.2) is 57.8 Å². The first-order chi connectivity index (χ1) is 22.1. The number of rotatable bonds is 21. The Morgan fingerprint density at radius 1 is 0.689 bits per heavy atom. The Balaban J connectivity index is 1.11. The van der Waals surface area contributed by atoms with Crippen LogP contribution in [0.25, 0.3) is 21.9 Å². The second-order valence-corrected chi connectivity index (χ2v) is 11.6. The summed E-state index contributed by atoms with van der Waals surface area (Å²) in [4.78, 5) is 24.2. The van der Waals surface area contributed by atoms with Gasteiger partial charge in [0.1, 0.15) is 16.9 Å². The number of hydrogen-bond donors (Lipinski definition) is 4. The standard InChI is InChI=1S/C36H50N4O5/c1-3-5-6-9-19-38-35(41)22-28-26-45-33-14-12-29(23-31(28)33)37-18-10-7-8-11-21-43-30-13-15-34-32(24-30)27(25-44-34)16-20-40-36(42)39-17-4-2/h12-15,23-26,37H,3-11,16-22H2,1-2H3,(H,38,41)(H2,39,40,42). The van der Waals surface area contributed by atoms with Crippen molar-refractivity contribution >= 4 is 39.6 Å². The minimum atomic E-state index is -0.139. The molecule has 0 fully saturated rings. The summed E-state index contributed by atoms with van der Waals surface area (Å²) in [5, 5.41) is 14.3. The van der Waals surface area contributed by atoms with Crippen LogP contribution in [0, 0.1) is 0 Å². The zero-order chi connectivity index (χ0) is 31.7. The van der Waals surface area contributed by atoms with Gasteiger partial charge in [-0.05, 0) is 68.5 Å². The Kier molecular flexibility index (Phi) is 14.0. The zero-order valence-corrected chi connectivity index (χ0v) is 27.0. The van der Waals surface area contributed by atoms with Crippen molar-refractivity contribution in [3.63, 3.8) is 0 Å². The Morgan fingerprint density at radius 2 is 1.40 bits per heavy atom. The predicted octanol–water partition coefficient (Wildman–Crippen LogP) is 7.72. The molecular formula is C36H50N4O5. The fourth-order valence-corrected chi connectivity index (χ4v) is 5.30. The lowest BCUT2D eigenvalue weighted by Crippen LogP contribution is -2.36. The van der Waals surface area contributed by atoms with E-state index in [-0.39, 0.29) is 11.9 Å². The number of benzene rings is 2. The van der Waals surface area contributed by atoms with Crippen molar-refractivity contribution in [1.29, 1.82) is 0 Å². The molecular weight excluding hydrogens is 568 g/mol. The maximum atomic E-state index is 12.4. The number of ether oxygens (including phenoxy) is 1. The average molecular weight is 619 g/mol. The van der Waals surface area contributed by atoms with Crippen LogP contribution in [-0.4, -0.2) is 44.7 Å². The zero-order valence-electron chi connectivity index (χ0n) is 27.0. The lowest BCUT2D eigenvalue weighted by molar-refractivity contribution is -0.120. The molecule has 244 valence electrons. The molecule has 4 rings (SSSR count). The molecule has 4 N–H and O–H groups in total. The van der Waals surface area contributed by atoms with Crippen LogP contribution in [0.4, 0.5) is 10.5 Å². The molecule has 0 spiro atoms. The summed E-state index contributed by atoms with van der Waals surface area (Å²) >= 11 is 0. The molecule has 0 saturated heterocycles. The Labute approximate surface area is 266 Å². The third-order valence-electron chi connectivity index (χ3n) is 7.87. The van der Waals surface area contributed by atoms with Crippen molar-refractivity contribution in [3.05, 3.63) is 60.1 Å². The third kappa shape index (κ3) is 11.1. The smallest absolute Gasteiger partial charge is 0.314 e. The molecule has 0 unspecified atom stereocenters. The molecule has 0 bridgehead atoms. The Morgan fingerprint density at radius 3 is 2.22 bits per heavy atom. The maximum absolute atomic E-state index is 12.4. The van der Waals surface area contributed by atoms with E-state index in [1.54, 1.807) is 12.5 Å². The van der Waals surface area contributed by atoms with E-state index in [1.165, 1.54) is 12.8 Å². The molecule has 2 aromatic heterocycles. The van der Waals surface area contributed by atoms with Gasteiger partial charge in [-0.1, -0.05) is 46.0 Å². The second-order valence-electron chi connectivity index (χ2n) is 11.6. The van der Waals surface area contributed by atoms with Gasteiger partial charge in [-0.2, -0.15) is 0 Å². The number of anilines is 1. The van der Waals surface area contributed by atoms with Crippen LogP contribution in [-0.2, 0) is 17.6 Å². The molecule has 2 aromatic carbocycles. The van der Waals surface area contributed by atoms with Crippen LogP contribution in [0.3, 0.4) is 0 Å². The highest BCUT2D eigenvalue weighted by Crippen LogP contribution is 2.27. The summed E-state index contributed by atoms with van der Waals surface area (Å²) in [6.45, 7) is 7.70. The van der Waals surface area contributed by atoms with Gasteiger partial charge in [-0.25, -0.2) is 4.79 Å². The van der Waals surface area contributed by atoms with Crippen LogP contribution in [0.5, 0.6) is 5.75 Å². The van der Waals surface area contributed by atoms with Crippen LogP contribution < -0.4 is 26.0 Å². The lowest BCUT2D eigenvalue weighted by Gasteiger charge is -2.09. The van der Waals surface area contributed by atoms with Crippen molar-refractivity contribution in [2.75, 3.05) is 38.1 Å². The van der Waals surface area contributed by atoms with E-state index < -0.39 is 0 Å². The van der Waals surface area contributed by atoms with E-state index in [4.69, 9.17) is 13.6 Å².